The maximum atomic E-state index is 14.5. The van der Waals surface area contributed by atoms with Crippen molar-refractivity contribution in [3.8, 4) is 22.7 Å². The number of rotatable bonds is 5. The van der Waals surface area contributed by atoms with Gasteiger partial charge in [0.25, 0.3) is 0 Å². The summed E-state index contributed by atoms with van der Waals surface area (Å²) in [5.74, 6) is -0.0221. The standard InChI is InChI=1S/C31H33FN6O4/c1-16(2)25-27(17(3)9-10-33-25)38-29-23(28(35-30(38)40)37-12-11-36(31(41)42)15-18(37)4)14-21(19-5-6-19)26(34-29)22-13-20(32)7-8-24(22)39/h7-10,13-14,16,18-19,39H,5-6,11-12,15H2,1-4H3,(H,41,42). The molecule has 4 heterocycles. The van der Waals surface area contributed by atoms with Gasteiger partial charge in [-0.3, -0.25) is 4.98 Å². The third kappa shape index (κ3) is 4.72. The highest BCUT2D eigenvalue weighted by Crippen LogP contribution is 2.47. The summed E-state index contributed by atoms with van der Waals surface area (Å²) in [4.78, 5) is 43.3. The minimum Gasteiger partial charge on any atom is -0.507 e. The van der Waals surface area contributed by atoms with Crippen molar-refractivity contribution in [3.63, 3.8) is 0 Å². The summed E-state index contributed by atoms with van der Waals surface area (Å²) >= 11 is 0. The summed E-state index contributed by atoms with van der Waals surface area (Å²) < 4.78 is 15.9. The number of piperazine rings is 1. The van der Waals surface area contributed by atoms with Gasteiger partial charge in [-0.25, -0.2) is 23.5 Å². The van der Waals surface area contributed by atoms with Crippen molar-refractivity contribution in [2.75, 3.05) is 24.5 Å². The Morgan fingerprint density at radius 3 is 2.55 bits per heavy atom. The lowest BCUT2D eigenvalue weighted by Crippen LogP contribution is -2.54. The molecule has 218 valence electrons. The molecule has 3 aromatic heterocycles. The van der Waals surface area contributed by atoms with Crippen LogP contribution in [0.25, 0.3) is 28.0 Å². The van der Waals surface area contributed by atoms with Gasteiger partial charge in [-0.05, 0) is 80.0 Å². The first kappa shape index (κ1) is 27.6. The number of phenolic OH excluding ortho intramolecular Hbond substituents is 1. The summed E-state index contributed by atoms with van der Waals surface area (Å²) in [5.41, 5.74) is 3.41. The van der Waals surface area contributed by atoms with E-state index in [-0.39, 0.29) is 42.3 Å². The second-order valence-electron chi connectivity index (χ2n) is 11.6. The summed E-state index contributed by atoms with van der Waals surface area (Å²) in [6.45, 7) is 8.69. The number of aryl methyl sites for hydroxylation is 1. The van der Waals surface area contributed by atoms with E-state index < -0.39 is 17.6 Å². The lowest BCUT2D eigenvalue weighted by molar-refractivity contribution is 0.136. The lowest BCUT2D eigenvalue weighted by Gasteiger charge is -2.39. The molecule has 6 rings (SSSR count). The average Bonchev–Trinajstić information content (AvgIpc) is 3.79. The van der Waals surface area contributed by atoms with Crippen LogP contribution in [0.3, 0.4) is 0 Å². The number of benzene rings is 1. The van der Waals surface area contributed by atoms with E-state index in [1.165, 1.54) is 27.7 Å². The lowest BCUT2D eigenvalue weighted by atomic mass is 9.99. The fourth-order valence-corrected chi connectivity index (χ4v) is 5.92. The first-order chi connectivity index (χ1) is 20.0. The average molecular weight is 573 g/mol. The van der Waals surface area contributed by atoms with Crippen LogP contribution in [0.1, 0.15) is 62.3 Å². The zero-order valence-electron chi connectivity index (χ0n) is 24.0. The maximum Gasteiger partial charge on any atom is 0.407 e. The molecular weight excluding hydrogens is 539 g/mol. The topological polar surface area (TPSA) is 125 Å². The van der Waals surface area contributed by atoms with Gasteiger partial charge in [0, 0.05) is 37.4 Å². The van der Waals surface area contributed by atoms with Gasteiger partial charge in [-0.1, -0.05) is 13.8 Å². The second-order valence-corrected chi connectivity index (χ2v) is 11.6. The number of carboxylic acid groups (broad SMARTS) is 1. The first-order valence-electron chi connectivity index (χ1n) is 14.2. The van der Waals surface area contributed by atoms with Gasteiger partial charge in [-0.2, -0.15) is 4.98 Å². The molecule has 2 aliphatic rings. The molecule has 4 aromatic rings. The van der Waals surface area contributed by atoms with Crippen molar-refractivity contribution in [2.24, 2.45) is 0 Å². The summed E-state index contributed by atoms with van der Waals surface area (Å²) in [6.07, 6.45) is 2.57. The molecule has 42 heavy (non-hydrogen) atoms. The summed E-state index contributed by atoms with van der Waals surface area (Å²) in [6, 6.07) is 7.32. The fraction of sp³-hybridized carbons (Fsp3) is 0.387. The van der Waals surface area contributed by atoms with Crippen LogP contribution < -0.4 is 10.6 Å². The van der Waals surface area contributed by atoms with Crippen LogP contribution in [0, 0.1) is 12.7 Å². The van der Waals surface area contributed by atoms with E-state index in [1.807, 2.05) is 44.7 Å². The van der Waals surface area contributed by atoms with Gasteiger partial charge >= 0.3 is 11.8 Å². The van der Waals surface area contributed by atoms with Crippen LogP contribution in [0.2, 0.25) is 0 Å². The monoisotopic (exact) mass is 572 g/mol. The number of carbonyl (C=O) groups is 1. The Labute approximate surface area is 242 Å². The number of halogens is 1. The maximum absolute atomic E-state index is 14.5. The molecule has 1 aliphatic heterocycles. The molecule has 1 saturated heterocycles. The minimum atomic E-state index is -0.986. The number of hydrogen-bond donors (Lipinski definition) is 2. The second kappa shape index (κ2) is 10.4. The molecule has 11 heteroatoms. The molecule has 2 fully saturated rings. The predicted octanol–water partition coefficient (Wildman–Crippen LogP) is 5.19. The highest BCUT2D eigenvalue weighted by molar-refractivity contribution is 5.92. The van der Waals surface area contributed by atoms with E-state index in [4.69, 9.17) is 4.98 Å². The van der Waals surface area contributed by atoms with Crippen LogP contribution >= 0.6 is 0 Å². The number of nitrogens with zero attached hydrogens (tertiary/aromatic N) is 6. The Morgan fingerprint density at radius 2 is 1.88 bits per heavy atom. The van der Waals surface area contributed by atoms with Crippen molar-refractivity contribution in [1.29, 1.82) is 0 Å². The number of aromatic nitrogens is 4. The van der Waals surface area contributed by atoms with Crippen molar-refractivity contribution in [1.82, 2.24) is 24.4 Å². The molecule has 1 aromatic carbocycles. The fourth-order valence-electron chi connectivity index (χ4n) is 5.92. The Bertz CT molecular complexity index is 1780. The molecular formula is C31H33FN6O4. The highest BCUT2D eigenvalue weighted by Gasteiger charge is 2.33. The number of phenols is 1. The molecule has 1 unspecified atom stereocenters. The Morgan fingerprint density at radius 1 is 1.12 bits per heavy atom. The quantitative estimate of drug-likeness (QED) is 0.335. The van der Waals surface area contributed by atoms with Crippen molar-refractivity contribution < 1.29 is 19.4 Å². The number of anilines is 1. The van der Waals surface area contributed by atoms with E-state index in [0.29, 0.717) is 40.5 Å². The van der Waals surface area contributed by atoms with Gasteiger partial charge in [0.1, 0.15) is 17.4 Å². The van der Waals surface area contributed by atoms with Gasteiger partial charge in [0.05, 0.1) is 22.5 Å². The zero-order chi connectivity index (χ0) is 29.9. The largest absolute Gasteiger partial charge is 0.507 e. The molecule has 1 amide bonds. The Hall–Kier alpha value is -4.54. The van der Waals surface area contributed by atoms with Crippen molar-refractivity contribution in [3.05, 3.63) is 69.7 Å². The third-order valence-corrected chi connectivity index (χ3v) is 8.20. The van der Waals surface area contributed by atoms with E-state index in [2.05, 4.69) is 9.97 Å². The highest BCUT2D eigenvalue weighted by atomic mass is 19.1. The number of hydrogen-bond acceptors (Lipinski definition) is 7. The number of pyridine rings is 2. The molecule has 2 N–H and O–H groups in total. The Balaban J connectivity index is 1.69. The van der Waals surface area contributed by atoms with E-state index in [9.17, 15) is 24.2 Å². The number of fused-ring (bicyclic) bond motifs is 1. The molecule has 0 radical (unpaired) electrons. The van der Waals surface area contributed by atoms with Crippen molar-refractivity contribution >= 4 is 22.9 Å². The van der Waals surface area contributed by atoms with Gasteiger partial charge in [0.2, 0.25) is 0 Å². The smallest absolute Gasteiger partial charge is 0.407 e. The van der Waals surface area contributed by atoms with Crippen LogP contribution in [-0.2, 0) is 0 Å². The van der Waals surface area contributed by atoms with Gasteiger partial charge in [0.15, 0.2) is 5.65 Å². The zero-order valence-corrected chi connectivity index (χ0v) is 24.0. The Kier molecular flexibility index (Phi) is 6.83. The molecule has 0 bridgehead atoms. The van der Waals surface area contributed by atoms with Crippen LogP contribution in [0.15, 0.2) is 41.3 Å². The third-order valence-electron chi connectivity index (χ3n) is 8.20. The van der Waals surface area contributed by atoms with E-state index >= 15 is 0 Å². The SMILES string of the molecule is Cc1ccnc(C(C)C)c1-n1c(=O)nc(N2CCN(C(=O)O)CC2C)c2cc(C3CC3)c(-c3cc(F)ccc3O)nc21. The first-order valence-corrected chi connectivity index (χ1v) is 14.2. The van der Waals surface area contributed by atoms with E-state index in [1.54, 1.807) is 6.20 Å². The number of aromatic hydroxyl groups is 1. The minimum absolute atomic E-state index is 0.0110. The molecule has 1 saturated carbocycles. The molecule has 10 nitrogen and oxygen atoms in total. The summed E-state index contributed by atoms with van der Waals surface area (Å²) in [7, 11) is 0. The van der Waals surface area contributed by atoms with E-state index in [0.717, 1.165) is 24.0 Å². The van der Waals surface area contributed by atoms with Gasteiger partial charge in [-0.15, -0.1) is 0 Å². The predicted molar refractivity (Wildman–Crippen MR) is 157 cm³/mol. The van der Waals surface area contributed by atoms with Gasteiger partial charge < -0.3 is 20.0 Å². The normalized spacial score (nSPS) is 17.3. The number of amides is 1. The van der Waals surface area contributed by atoms with Crippen LogP contribution in [0.4, 0.5) is 15.0 Å². The van der Waals surface area contributed by atoms with Crippen LogP contribution in [0.5, 0.6) is 5.75 Å². The molecule has 1 atom stereocenters. The molecule has 0 spiro atoms. The summed E-state index contributed by atoms with van der Waals surface area (Å²) in [5, 5.41) is 21.0. The molecule has 1 aliphatic carbocycles. The van der Waals surface area contributed by atoms with Crippen LogP contribution in [-0.4, -0.2) is 66.4 Å². The van der Waals surface area contributed by atoms with Crippen molar-refractivity contribution in [2.45, 2.75) is 58.4 Å².